The van der Waals surface area contributed by atoms with Gasteiger partial charge in [0.25, 0.3) is 5.91 Å². The van der Waals surface area contributed by atoms with E-state index < -0.39 is 24.5 Å². The van der Waals surface area contributed by atoms with Crippen molar-refractivity contribution in [3.05, 3.63) is 39.2 Å². The van der Waals surface area contributed by atoms with Crippen LogP contribution in [0.4, 0.5) is 0 Å². The Labute approximate surface area is 143 Å². The van der Waals surface area contributed by atoms with Gasteiger partial charge in [-0.2, -0.15) is 0 Å². The number of ether oxygens (including phenoxy) is 1. The first kappa shape index (κ1) is 17.0. The molecule has 0 radical (unpaired) electrons. The van der Waals surface area contributed by atoms with Crippen LogP contribution in [0.2, 0.25) is 0 Å². The SMILES string of the molecule is Cc1cc(O[C@@H](C)C(=O)NCC(=O)O)c2c3c(c(=O)oc2c1)CCC3. The first-order valence-corrected chi connectivity index (χ1v) is 8.12. The molecule has 2 N–H and O–H groups in total. The van der Waals surface area contributed by atoms with Gasteiger partial charge in [-0.1, -0.05) is 0 Å². The van der Waals surface area contributed by atoms with Crippen LogP contribution in [0.15, 0.2) is 21.3 Å². The lowest BCUT2D eigenvalue weighted by Crippen LogP contribution is -2.39. The molecule has 0 fully saturated rings. The predicted octanol–water partition coefficient (Wildman–Crippen LogP) is 1.56. The normalized spacial score (nSPS) is 14.2. The van der Waals surface area contributed by atoms with Crippen molar-refractivity contribution in [1.29, 1.82) is 0 Å². The van der Waals surface area contributed by atoms with Crippen LogP contribution in [0, 0.1) is 6.92 Å². The summed E-state index contributed by atoms with van der Waals surface area (Å²) in [5.74, 6) is -1.18. The van der Waals surface area contributed by atoms with Crippen LogP contribution >= 0.6 is 0 Å². The highest BCUT2D eigenvalue weighted by atomic mass is 16.5. The molecule has 1 aromatic heterocycles. The van der Waals surface area contributed by atoms with Gasteiger partial charge in [0.1, 0.15) is 17.9 Å². The zero-order valence-electron chi connectivity index (χ0n) is 14.0. The average Bonchev–Trinajstić information content (AvgIpc) is 3.02. The second kappa shape index (κ2) is 6.58. The maximum atomic E-state index is 12.1. The van der Waals surface area contributed by atoms with Crippen LogP contribution in [0.5, 0.6) is 5.75 Å². The molecule has 1 atom stereocenters. The number of aliphatic carboxylic acids is 1. The lowest BCUT2D eigenvalue weighted by Gasteiger charge is -2.17. The summed E-state index contributed by atoms with van der Waals surface area (Å²) in [6.07, 6.45) is 1.43. The number of fused-ring (bicyclic) bond motifs is 3. The van der Waals surface area contributed by atoms with Crippen molar-refractivity contribution < 1.29 is 23.8 Å². The lowest BCUT2D eigenvalue weighted by atomic mass is 10.0. The Bertz CT molecular complexity index is 914. The van der Waals surface area contributed by atoms with E-state index in [1.165, 1.54) is 0 Å². The molecule has 0 unspecified atom stereocenters. The van der Waals surface area contributed by atoms with Gasteiger partial charge in [0, 0.05) is 5.56 Å². The molecule has 132 valence electrons. The first-order valence-electron chi connectivity index (χ1n) is 8.12. The highest BCUT2D eigenvalue weighted by Crippen LogP contribution is 2.35. The molecule has 0 aliphatic heterocycles. The Hall–Kier alpha value is -2.83. The topological polar surface area (TPSA) is 106 Å². The van der Waals surface area contributed by atoms with Gasteiger partial charge >= 0.3 is 11.6 Å². The minimum absolute atomic E-state index is 0.316. The highest BCUT2D eigenvalue weighted by molar-refractivity contribution is 5.90. The van der Waals surface area contributed by atoms with Gasteiger partial charge < -0.3 is 19.6 Å². The number of carbonyl (C=O) groups is 2. The van der Waals surface area contributed by atoms with Crippen molar-refractivity contribution in [3.63, 3.8) is 0 Å². The summed E-state index contributed by atoms with van der Waals surface area (Å²) in [5, 5.41) is 11.7. The van der Waals surface area contributed by atoms with Crippen molar-refractivity contribution in [3.8, 4) is 5.75 Å². The maximum Gasteiger partial charge on any atom is 0.339 e. The van der Waals surface area contributed by atoms with Crippen LogP contribution in [0.3, 0.4) is 0 Å². The number of benzene rings is 1. The number of rotatable bonds is 5. The van der Waals surface area contributed by atoms with Gasteiger partial charge in [-0.3, -0.25) is 9.59 Å². The number of hydrogen-bond acceptors (Lipinski definition) is 5. The van der Waals surface area contributed by atoms with Crippen LogP contribution in [-0.4, -0.2) is 29.6 Å². The number of carboxylic acid groups (broad SMARTS) is 1. The molecular formula is C18H19NO6. The maximum absolute atomic E-state index is 12.1. The Morgan fingerprint density at radius 3 is 2.76 bits per heavy atom. The molecule has 25 heavy (non-hydrogen) atoms. The molecule has 0 saturated heterocycles. The standard InChI is InChI=1S/C18H19NO6/c1-9-6-13(24-10(2)17(22)19-8-15(20)21)16-11-4-3-5-12(11)18(23)25-14(16)7-9/h6-7,10H,3-5,8H2,1-2H3,(H,19,22)(H,20,21)/t10-/m0/s1. The van der Waals surface area contributed by atoms with Crippen molar-refractivity contribution >= 4 is 22.8 Å². The summed E-state index contributed by atoms with van der Waals surface area (Å²) in [4.78, 5) is 34.7. The molecule has 1 aliphatic rings. The smallest absolute Gasteiger partial charge is 0.339 e. The Morgan fingerprint density at radius 1 is 1.32 bits per heavy atom. The zero-order valence-corrected chi connectivity index (χ0v) is 14.0. The second-order valence-corrected chi connectivity index (χ2v) is 6.21. The number of hydrogen-bond donors (Lipinski definition) is 2. The van der Waals surface area contributed by atoms with E-state index in [1.807, 2.05) is 6.92 Å². The summed E-state index contributed by atoms with van der Waals surface area (Å²) < 4.78 is 11.2. The van der Waals surface area contributed by atoms with E-state index >= 15 is 0 Å². The molecule has 0 saturated carbocycles. The number of nitrogens with one attached hydrogen (secondary N) is 1. The molecule has 1 amide bonds. The average molecular weight is 345 g/mol. The Morgan fingerprint density at radius 2 is 2.04 bits per heavy atom. The molecule has 1 aliphatic carbocycles. The molecule has 1 aromatic carbocycles. The molecule has 1 heterocycles. The van der Waals surface area contributed by atoms with Crippen LogP contribution in [-0.2, 0) is 22.4 Å². The second-order valence-electron chi connectivity index (χ2n) is 6.21. The summed E-state index contributed by atoms with van der Waals surface area (Å²) in [6, 6.07) is 3.57. The number of aryl methyl sites for hydroxylation is 2. The molecular weight excluding hydrogens is 326 g/mol. The third-order valence-electron chi connectivity index (χ3n) is 4.27. The molecule has 7 nitrogen and oxygen atoms in total. The first-order chi connectivity index (χ1) is 11.9. The Kier molecular flexibility index (Phi) is 4.48. The van der Waals surface area contributed by atoms with Crippen molar-refractivity contribution in [2.75, 3.05) is 6.54 Å². The van der Waals surface area contributed by atoms with Crippen molar-refractivity contribution in [2.45, 2.75) is 39.2 Å². The summed E-state index contributed by atoms with van der Waals surface area (Å²) in [7, 11) is 0. The predicted molar refractivity (Wildman–Crippen MR) is 90.0 cm³/mol. The van der Waals surface area contributed by atoms with Gasteiger partial charge in [-0.25, -0.2) is 4.79 Å². The summed E-state index contributed by atoms with van der Waals surface area (Å²) >= 11 is 0. The summed E-state index contributed by atoms with van der Waals surface area (Å²) in [5.41, 5.74) is 2.55. The van der Waals surface area contributed by atoms with Gasteiger partial charge in [0.15, 0.2) is 6.10 Å². The Balaban J connectivity index is 1.99. The molecule has 7 heteroatoms. The largest absolute Gasteiger partial charge is 0.480 e. The van der Waals surface area contributed by atoms with Gasteiger partial charge in [-0.05, 0) is 56.4 Å². The van der Waals surface area contributed by atoms with E-state index in [0.717, 1.165) is 29.4 Å². The minimum atomic E-state index is -1.12. The summed E-state index contributed by atoms with van der Waals surface area (Å²) in [6.45, 7) is 2.92. The van der Waals surface area contributed by atoms with Crippen molar-refractivity contribution in [1.82, 2.24) is 5.32 Å². The molecule has 3 rings (SSSR count). The van der Waals surface area contributed by atoms with E-state index in [4.69, 9.17) is 14.3 Å². The van der Waals surface area contributed by atoms with E-state index in [2.05, 4.69) is 5.32 Å². The lowest BCUT2D eigenvalue weighted by molar-refractivity contribution is -0.139. The fourth-order valence-corrected chi connectivity index (χ4v) is 3.15. The third-order valence-corrected chi connectivity index (χ3v) is 4.27. The van der Waals surface area contributed by atoms with Crippen LogP contribution < -0.4 is 15.7 Å². The van der Waals surface area contributed by atoms with E-state index in [0.29, 0.717) is 23.3 Å². The molecule has 0 bridgehead atoms. The van der Waals surface area contributed by atoms with Crippen molar-refractivity contribution in [2.24, 2.45) is 0 Å². The quantitative estimate of drug-likeness (QED) is 0.797. The third kappa shape index (κ3) is 3.35. The van der Waals surface area contributed by atoms with Crippen LogP contribution in [0.25, 0.3) is 11.0 Å². The minimum Gasteiger partial charge on any atom is -0.480 e. The van der Waals surface area contributed by atoms with Gasteiger partial charge in [-0.15, -0.1) is 0 Å². The molecule has 2 aromatic rings. The van der Waals surface area contributed by atoms with E-state index in [-0.39, 0.29) is 5.63 Å². The highest BCUT2D eigenvalue weighted by Gasteiger charge is 2.24. The van der Waals surface area contributed by atoms with Crippen LogP contribution in [0.1, 0.15) is 30.0 Å². The number of amides is 1. The fraction of sp³-hybridized carbons (Fsp3) is 0.389. The monoisotopic (exact) mass is 345 g/mol. The number of carbonyl (C=O) groups excluding carboxylic acids is 1. The zero-order chi connectivity index (χ0) is 18.1. The fourth-order valence-electron chi connectivity index (χ4n) is 3.15. The number of carboxylic acids is 1. The van der Waals surface area contributed by atoms with Gasteiger partial charge in [0.2, 0.25) is 0 Å². The van der Waals surface area contributed by atoms with E-state index in [9.17, 15) is 14.4 Å². The van der Waals surface area contributed by atoms with Gasteiger partial charge in [0.05, 0.1) is 5.39 Å². The molecule has 0 spiro atoms. The van der Waals surface area contributed by atoms with E-state index in [1.54, 1.807) is 19.1 Å².